The van der Waals surface area contributed by atoms with E-state index in [4.69, 9.17) is 4.74 Å². The lowest BCUT2D eigenvalue weighted by atomic mass is 9.97. The highest BCUT2D eigenvalue weighted by Crippen LogP contribution is 2.20. The van der Waals surface area contributed by atoms with E-state index in [1.54, 1.807) is 11.7 Å². The first-order valence-corrected chi connectivity index (χ1v) is 12.5. The molecule has 0 saturated carbocycles. The van der Waals surface area contributed by atoms with Gasteiger partial charge in [0.15, 0.2) is 0 Å². The van der Waals surface area contributed by atoms with Crippen molar-refractivity contribution >= 4 is 11.8 Å². The molecule has 7 heteroatoms. The monoisotopic (exact) mass is 479 g/mol. The Hall–Kier alpha value is -3.35. The van der Waals surface area contributed by atoms with Gasteiger partial charge in [0.1, 0.15) is 16.9 Å². The van der Waals surface area contributed by atoms with Crippen LogP contribution in [0.2, 0.25) is 0 Å². The highest BCUT2D eigenvalue weighted by atomic mass is 16.5. The molecule has 0 atom stereocenters. The van der Waals surface area contributed by atoms with Gasteiger partial charge in [0, 0.05) is 31.0 Å². The Bertz CT molecular complexity index is 1120. The molecule has 0 unspecified atom stereocenters. The number of hydrogen-bond donors (Lipinski definition) is 2. The van der Waals surface area contributed by atoms with Crippen molar-refractivity contribution in [1.82, 2.24) is 15.2 Å². The average molecular weight is 480 g/mol. The fourth-order valence-corrected chi connectivity index (χ4v) is 4.21. The number of rotatable bonds is 11. The summed E-state index contributed by atoms with van der Waals surface area (Å²) in [7, 11) is 1.60. The standard InChI is InChI=1S/C28H37N3O4/c1-20(2)13-15-29-27(33)23-18-31(17-22-11-7-8-12-25(22)35-3)19-24(26(23)32)28(34)30-16-14-21-9-5-4-6-10-21/h7-9,11-12,18-20H,4-6,10,13-17H2,1-3H3,(H,29,33)(H,30,34). The Morgan fingerprint density at radius 1 is 1.03 bits per heavy atom. The number of carbonyl (C=O) groups is 2. The molecule has 2 aromatic rings. The quantitative estimate of drug-likeness (QED) is 0.470. The highest BCUT2D eigenvalue weighted by Gasteiger charge is 2.20. The van der Waals surface area contributed by atoms with E-state index < -0.39 is 17.2 Å². The van der Waals surface area contributed by atoms with Crippen LogP contribution in [0.15, 0.2) is 53.1 Å². The van der Waals surface area contributed by atoms with Crippen molar-refractivity contribution in [1.29, 1.82) is 0 Å². The first kappa shape index (κ1) is 26.3. The molecule has 35 heavy (non-hydrogen) atoms. The number of carbonyl (C=O) groups excluding carboxylic acids is 2. The molecule has 0 saturated heterocycles. The zero-order valence-corrected chi connectivity index (χ0v) is 21.1. The molecule has 2 N–H and O–H groups in total. The number of pyridine rings is 1. The molecule has 1 heterocycles. The van der Waals surface area contributed by atoms with E-state index in [9.17, 15) is 14.4 Å². The third-order valence-electron chi connectivity index (χ3n) is 6.24. The van der Waals surface area contributed by atoms with E-state index in [1.807, 2.05) is 24.3 Å². The third kappa shape index (κ3) is 7.57. The Labute approximate surface area is 207 Å². The van der Waals surface area contributed by atoms with Crippen LogP contribution < -0.4 is 20.8 Å². The van der Waals surface area contributed by atoms with Gasteiger partial charge in [0.2, 0.25) is 5.43 Å². The van der Waals surface area contributed by atoms with Crippen LogP contribution in [0.25, 0.3) is 0 Å². The first-order chi connectivity index (χ1) is 16.9. The molecule has 188 valence electrons. The molecule has 0 aliphatic heterocycles. The molecule has 0 spiro atoms. The molecule has 7 nitrogen and oxygen atoms in total. The first-order valence-electron chi connectivity index (χ1n) is 12.5. The van der Waals surface area contributed by atoms with Gasteiger partial charge in [0.25, 0.3) is 11.8 Å². The van der Waals surface area contributed by atoms with Gasteiger partial charge in [-0.1, -0.05) is 43.7 Å². The Morgan fingerprint density at radius 2 is 1.71 bits per heavy atom. The zero-order valence-electron chi connectivity index (χ0n) is 21.1. The lowest BCUT2D eigenvalue weighted by Gasteiger charge is -2.15. The van der Waals surface area contributed by atoms with E-state index in [2.05, 4.69) is 30.6 Å². The maximum Gasteiger partial charge on any atom is 0.256 e. The third-order valence-corrected chi connectivity index (χ3v) is 6.24. The largest absolute Gasteiger partial charge is 0.496 e. The number of ether oxygens (including phenoxy) is 1. The smallest absolute Gasteiger partial charge is 0.256 e. The van der Waals surface area contributed by atoms with E-state index in [1.165, 1.54) is 30.8 Å². The second-order valence-electron chi connectivity index (χ2n) is 9.45. The minimum absolute atomic E-state index is 0.0333. The lowest BCUT2D eigenvalue weighted by Crippen LogP contribution is -2.36. The molecular formula is C28H37N3O4. The highest BCUT2D eigenvalue weighted by molar-refractivity contribution is 5.99. The van der Waals surface area contributed by atoms with E-state index in [0.717, 1.165) is 31.2 Å². The molecule has 1 aliphatic carbocycles. The predicted octanol–water partition coefficient (Wildman–Crippen LogP) is 4.30. The van der Waals surface area contributed by atoms with Gasteiger partial charge in [-0.2, -0.15) is 0 Å². The zero-order chi connectivity index (χ0) is 25.2. The number of para-hydroxylation sites is 1. The number of methoxy groups -OCH3 is 1. The van der Waals surface area contributed by atoms with Crippen LogP contribution in [-0.2, 0) is 6.54 Å². The molecule has 3 rings (SSSR count). The van der Waals surface area contributed by atoms with Gasteiger partial charge in [-0.3, -0.25) is 14.4 Å². The average Bonchev–Trinajstić information content (AvgIpc) is 2.85. The number of nitrogens with zero attached hydrogens (tertiary/aromatic N) is 1. The normalized spacial score (nSPS) is 13.3. The molecule has 1 aliphatic rings. The number of hydrogen-bond acceptors (Lipinski definition) is 4. The van der Waals surface area contributed by atoms with Gasteiger partial charge in [-0.05, 0) is 50.5 Å². The molecule has 0 bridgehead atoms. The number of nitrogens with one attached hydrogen (secondary N) is 2. The summed E-state index contributed by atoms with van der Waals surface area (Å²) in [6, 6.07) is 7.54. The summed E-state index contributed by atoms with van der Waals surface area (Å²) >= 11 is 0. The fourth-order valence-electron chi connectivity index (χ4n) is 4.21. The number of amides is 2. The summed E-state index contributed by atoms with van der Waals surface area (Å²) in [5.41, 5.74) is 1.60. The minimum Gasteiger partial charge on any atom is -0.496 e. The van der Waals surface area contributed by atoms with Crippen LogP contribution in [0.1, 0.15) is 78.7 Å². The van der Waals surface area contributed by atoms with E-state index >= 15 is 0 Å². The van der Waals surface area contributed by atoms with Gasteiger partial charge in [0.05, 0.1) is 13.7 Å². The van der Waals surface area contributed by atoms with Crippen molar-refractivity contribution in [3.8, 4) is 5.75 Å². The van der Waals surface area contributed by atoms with Crippen LogP contribution in [0.3, 0.4) is 0 Å². The molecule has 0 radical (unpaired) electrons. The van der Waals surface area contributed by atoms with Gasteiger partial charge in [-0.15, -0.1) is 0 Å². The molecule has 2 amide bonds. The van der Waals surface area contributed by atoms with Crippen molar-refractivity contribution in [2.24, 2.45) is 5.92 Å². The van der Waals surface area contributed by atoms with Gasteiger partial charge < -0.3 is 19.9 Å². The maximum atomic E-state index is 13.2. The van der Waals surface area contributed by atoms with Crippen LogP contribution in [0, 0.1) is 5.92 Å². The summed E-state index contributed by atoms with van der Waals surface area (Å²) in [6.45, 7) is 5.42. The summed E-state index contributed by atoms with van der Waals surface area (Å²) < 4.78 is 7.15. The van der Waals surface area contributed by atoms with Crippen molar-refractivity contribution in [3.05, 3.63) is 75.2 Å². The number of benzene rings is 1. The summed E-state index contributed by atoms with van der Waals surface area (Å²) in [4.78, 5) is 39.1. The van der Waals surface area contributed by atoms with E-state index in [0.29, 0.717) is 31.3 Å². The molecule has 1 aromatic heterocycles. The molecule has 1 aromatic carbocycles. The lowest BCUT2D eigenvalue weighted by molar-refractivity contribution is 0.0949. The second kappa shape index (κ2) is 12.9. The Kier molecular flexibility index (Phi) is 9.70. The Balaban J connectivity index is 1.84. The summed E-state index contributed by atoms with van der Waals surface area (Å²) in [5.74, 6) is 0.193. The second-order valence-corrected chi connectivity index (χ2v) is 9.45. The molecular weight excluding hydrogens is 442 g/mol. The maximum absolute atomic E-state index is 13.2. The van der Waals surface area contributed by atoms with Crippen LogP contribution in [-0.4, -0.2) is 36.6 Å². The van der Waals surface area contributed by atoms with Gasteiger partial charge in [-0.25, -0.2) is 0 Å². The summed E-state index contributed by atoms with van der Waals surface area (Å²) in [5, 5.41) is 5.70. The van der Waals surface area contributed by atoms with Crippen LogP contribution >= 0.6 is 0 Å². The predicted molar refractivity (Wildman–Crippen MR) is 138 cm³/mol. The van der Waals surface area contributed by atoms with Crippen molar-refractivity contribution in [3.63, 3.8) is 0 Å². The topological polar surface area (TPSA) is 89.4 Å². The Morgan fingerprint density at radius 3 is 2.34 bits per heavy atom. The van der Waals surface area contributed by atoms with E-state index in [-0.39, 0.29) is 11.1 Å². The number of aromatic nitrogens is 1. The summed E-state index contributed by atoms with van der Waals surface area (Å²) in [6.07, 6.45) is 11.4. The fraction of sp³-hybridized carbons (Fsp3) is 0.464. The minimum atomic E-state index is -0.558. The van der Waals surface area contributed by atoms with Crippen LogP contribution in [0.5, 0.6) is 5.75 Å². The molecule has 0 fully saturated rings. The van der Waals surface area contributed by atoms with Crippen molar-refractivity contribution in [2.45, 2.75) is 58.9 Å². The number of allylic oxidation sites excluding steroid dienone is 1. The van der Waals surface area contributed by atoms with Crippen molar-refractivity contribution < 1.29 is 14.3 Å². The SMILES string of the molecule is COc1ccccc1Cn1cc(C(=O)NCCC2=CCCCC2)c(=O)c(C(=O)NCCC(C)C)c1. The van der Waals surface area contributed by atoms with Gasteiger partial charge >= 0.3 is 0 Å². The van der Waals surface area contributed by atoms with Crippen molar-refractivity contribution in [2.75, 3.05) is 20.2 Å². The van der Waals surface area contributed by atoms with Crippen LogP contribution in [0.4, 0.5) is 0 Å².